The number of benzene rings is 8. The van der Waals surface area contributed by atoms with E-state index in [4.69, 9.17) is 9.97 Å². The highest BCUT2D eigenvalue weighted by molar-refractivity contribution is 7.26. The topological polar surface area (TPSA) is 35.6 Å². The molecule has 0 amide bonds. The van der Waals surface area contributed by atoms with Crippen LogP contribution in [0.1, 0.15) is 0 Å². The molecule has 0 radical (unpaired) electrons. The van der Waals surface area contributed by atoms with Crippen molar-refractivity contribution in [2.75, 3.05) is 0 Å². The Hall–Kier alpha value is -7.34. The molecular weight excluding hydrogens is 713 g/mol. The number of hydrogen-bond donors (Lipinski definition) is 0. The maximum Gasteiger partial charge on any atom is 0.160 e. The van der Waals surface area contributed by atoms with Gasteiger partial charge in [-0.1, -0.05) is 115 Å². The van der Waals surface area contributed by atoms with Gasteiger partial charge in [-0.15, -0.1) is 11.3 Å². The number of aromatic nitrogens is 4. The molecule has 4 heterocycles. The third-order valence-electron chi connectivity index (χ3n) is 11.3. The summed E-state index contributed by atoms with van der Waals surface area (Å²) in [7, 11) is 0. The van der Waals surface area contributed by atoms with Crippen LogP contribution in [0.5, 0.6) is 0 Å². The molecule has 0 unspecified atom stereocenters. The highest BCUT2D eigenvalue weighted by Gasteiger charge is 2.19. The second-order valence-electron chi connectivity index (χ2n) is 14.6. The largest absolute Gasteiger partial charge is 0.309 e. The minimum absolute atomic E-state index is 0.729. The maximum absolute atomic E-state index is 5.21. The Morgan fingerprint density at radius 2 is 0.842 bits per heavy atom. The fourth-order valence-electron chi connectivity index (χ4n) is 8.71. The van der Waals surface area contributed by atoms with Crippen LogP contribution >= 0.6 is 11.3 Å². The van der Waals surface area contributed by atoms with Gasteiger partial charge < -0.3 is 9.13 Å². The van der Waals surface area contributed by atoms with Crippen molar-refractivity contribution in [3.05, 3.63) is 194 Å². The van der Waals surface area contributed by atoms with Gasteiger partial charge >= 0.3 is 0 Å². The lowest BCUT2D eigenvalue weighted by molar-refractivity contribution is 1.17. The molecule has 4 aromatic heterocycles. The molecule has 8 aromatic carbocycles. The number of fused-ring (bicyclic) bond motifs is 9. The molecular formula is C52H32N4S. The summed E-state index contributed by atoms with van der Waals surface area (Å²) < 4.78 is 7.08. The fraction of sp³-hybridized carbons (Fsp3) is 0. The van der Waals surface area contributed by atoms with Crippen molar-refractivity contribution in [1.29, 1.82) is 0 Å². The van der Waals surface area contributed by atoms with Gasteiger partial charge in [0.05, 0.1) is 38.0 Å². The second-order valence-corrected chi connectivity index (χ2v) is 15.6. The highest BCUT2D eigenvalue weighted by Crippen LogP contribution is 2.41. The van der Waals surface area contributed by atoms with E-state index >= 15 is 0 Å². The Kier molecular flexibility index (Phi) is 7.06. The molecule has 0 aliphatic carbocycles. The molecule has 0 N–H and O–H groups in total. The second kappa shape index (κ2) is 12.6. The van der Waals surface area contributed by atoms with E-state index in [2.05, 4.69) is 197 Å². The average molecular weight is 745 g/mol. The lowest BCUT2D eigenvalue weighted by Crippen LogP contribution is -1.96. The Balaban J connectivity index is 0.973. The summed E-state index contributed by atoms with van der Waals surface area (Å²) in [6.07, 6.45) is 0. The first-order valence-corrected chi connectivity index (χ1v) is 20.1. The molecule has 57 heavy (non-hydrogen) atoms. The molecule has 12 aromatic rings. The number of hydrogen-bond acceptors (Lipinski definition) is 3. The molecule has 0 atom stereocenters. The van der Waals surface area contributed by atoms with E-state index in [1.807, 2.05) is 6.07 Å². The Labute approximate surface area is 332 Å². The zero-order valence-corrected chi connectivity index (χ0v) is 31.5. The first kappa shape index (κ1) is 32.0. The molecule has 0 aliphatic heterocycles. The van der Waals surface area contributed by atoms with E-state index in [0.29, 0.717) is 0 Å². The predicted molar refractivity (Wildman–Crippen MR) is 240 cm³/mol. The smallest absolute Gasteiger partial charge is 0.160 e. The van der Waals surface area contributed by atoms with Gasteiger partial charge in [-0.2, -0.15) is 0 Å². The molecule has 0 saturated carbocycles. The lowest BCUT2D eigenvalue weighted by Gasteiger charge is -2.11. The summed E-state index contributed by atoms with van der Waals surface area (Å²) in [5, 5.41) is 6.12. The van der Waals surface area contributed by atoms with Crippen molar-refractivity contribution in [3.8, 4) is 45.1 Å². The van der Waals surface area contributed by atoms with Crippen LogP contribution in [0.2, 0.25) is 0 Å². The van der Waals surface area contributed by atoms with Gasteiger partial charge in [0.1, 0.15) is 0 Å². The fourth-order valence-corrected chi connectivity index (χ4v) is 9.86. The van der Waals surface area contributed by atoms with Crippen LogP contribution in [0.15, 0.2) is 194 Å². The summed E-state index contributed by atoms with van der Waals surface area (Å²) in [5.41, 5.74) is 13.5. The van der Waals surface area contributed by atoms with Gasteiger partial charge in [-0.25, -0.2) is 9.97 Å². The Morgan fingerprint density at radius 3 is 1.47 bits per heavy atom. The monoisotopic (exact) mass is 744 g/mol. The standard InChI is InChI=1S/C52H32N4S/c1-3-13-33(14-4-1)49-51-50(41-19-9-12-22-48(41)57-51)54-52(53-49)34-23-27-38(28-24-34)56-45-21-11-8-18-40(45)43-32-36(26-30-47(43)56)35-25-29-46-42(31-35)39-17-7-10-20-44(39)55(46)37-15-5-2-6-16-37/h1-32H. The van der Waals surface area contributed by atoms with Gasteiger partial charge in [-0.05, 0) is 90.0 Å². The summed E-state index contributed by atoms with van der Waals surface area (Å²) in [6.45, 7) is 0. The van der Waals surface area contributed by atoms with Crippen molar-refractivity contribution in [3.63, 3.8) is 0 Å². The number of rotatable bonds is 5. The quantitative estimate of drug-likeness (QED) is 0.176. The molecule has 0 bridgehead atoms. The van der Waals surface area contributed by atoms with Crippen molar-refractivity contribution in [2.45, 2.75) is 0 Å². The Bertz CT molecular complexity index is 3500. The normalized spacial score (nSPS) is 11.9. The lowest BCUT2D eigenvalue weighted by atomic mass is 10.0. The van der Waals surface area contributed by atoms with Crippen LogP contribution in [0.25, 0.3) is 109 Å². The van der Waals surface area contributed by atoms with Gasteiger partial charge in [0, 0.05) is 54.1 Å². The molecule has 4 nitrogen and oxygen atoms in total. The minimum Gasteiger partial charge on any atom is -0.309 e. The van der Waals surface area contributed by atoms with Crippen LogP contribution in [-0.2, 0) is 0 Å². The summed E-state index contributed by atoms with van der Waals surface area (Å²) in [6, 6.07) is 69.6. The highest BCUT2D eigenvalue weighted by atomic mass is 32.1. The SMILES string of the molecule is c1ccc(-c2nc(-c3ccc(-n4c5ccccc5c5cc(-c6ccc7c(c6)c6ccccc6n7-c6ccccc6)ccc54)cc3)nc3c2sc2ccccc23)cc1. The third-order valence-corrected chi connectivity index (χ3v) is 12.5. The summed E-state index contributed by atoms with van der Waals surface area (Å²) in [5.74, 6) is 0.729. The average Bonchev–Trinajstić information content (AvgIpc) is 3.94. The van der Waals surface area contributed by atoms with Gasteiger partial charge in [0.2, 0.25) is 0 Å². The Morgan fingerprint density at radius 1 is 0.351 bits per heavy atom. The predicted octanol–water partition coefficient (Wildman–Crippen LogP) is 14.0. The third kappa shape index (κ3) is 4.99. The number of para-hydroxylation sites is 3. The van der Waals surface area contributed by atoms with E-state index in [9.17, 15) is 0 Å². The molecule has 0 fully saturated rings. The van der Waals surface area contributed by atoms with Crippen molar-refractivity contribution >= 4 is 75.3 Å². The van der Waals surface area contributed by atoms with Gasteiger partial charge in [-0.3, -0.25) is 0 Å². The van der Waals surface area contributed by atoms with Gasteiger partial charge in [0.15, 0.2) is 5.82 Å². The van der Waals surface area contributed by atoms with Crippen molar-refractivity contribution < 1.29 is 0 Å². The molecule has 12 rings (SSSR count). The zero-order chi connectivity index (χ0) is 37.5. The van der Waals surface area contributed by atoms with Gasteiger partial charge in [0.25, 0.3) is 0 Å². The van der Waals surface area contributed by atoms with Crippen molar-refractivity contribution in [2.24, 2.45) is 0 Å². The molecule has 266 valence electrons. The van der Waals surface area contributed by atoms with E-state index in [0.717, 1.165) is 38.5 Å². The van der Waals surface area contributed by atoms with E-state index in [1.54, 1.807) is 11.3 Å². The molecule has 0 aliphatic rings. The molecule has 0 spiro atoms. The first-order valence-electron chi connectivity index (χ1n) is 19.2. The summed E-state index contributed by atoms with van der Waals surface area (Å²) in [4.78, 5) is 10.4. The minimum atomic E-state index is 0.729. The number of nitrogens with zero attached hydrogens (tertiary/aromatic N) is 4. The summed E-state index contributed by atoms with van der Waals surface area (Å²) >= 11 is 1.76. The van der Waals surface area contributed by atoms with E-state index in [-0.39, 0.29) is 0 Å². The number of thiophene rings is 1. The zero-order valence-electron chi connectivity index (χ0n) is 30.7. The van der Waals surface area contributed by atoms with Crippen LogP contribution in [0, 0.1) is 0 Å². The molecule has 5 heteroatoms. The van der Waals surface area contributed by atoms with Crippen LogP contribution < -0.4 is 0 Å². The first-order chi connectivity index (χ1) is 28.3. The van der Waals surface area contributed by atoms with Crippen molar-refractivity contribution in [1.82, 2.24) is 19.1 Å². The van der Waals surface area contributed by atoms with E-state index < -0.39 is 0 Å². The van der Waals surface area contributed by atoms with E-state index in [1.165, 1.54) is 70.5 Å². The maximum atomic E-state index is 5.21. The van der Waals surface area contributed by atoms with Crippen LogP contribution in [-0.4, -0.2) is 19.1 Å². The van der Waals surface area contributed by atoms with Crippen LogP contribution in [0.4, 0.5) is 0 Å². The molecule has 0 saturated heterocycles. The van der Waals surface area contributed by atoms with Crippen LogP contribution in [0.3, 0.4) is 0 Å².